The number of aryl methyl sites for hydroxylation is 1. The maximum Gasteiger partial charge on any atom is 0.317 e. The van der Waals surface area contributed by atoms with Crippen LogP contribution in [0.1, 0.15) is 38.2 Å². The van der Waals surface area contributed by atoms with E-state index in [4.69, 9.17) is 16.3 Å². The summed E-state index contributed by atoms with van der Waals surface area (Å²) in [6.07, 6.45) is 3.88. The average molecular weight is 382 g/mol. The van der Waals surface area contributed by atoms with Gasteiger partial charge in [-0.3, -0.25) is 4.79 Å². The summed E-state index contributed by atoms with van der Waals surface area (Å²) in [6, 6.07) is 5.70. The highest BCUT2D eigenvalue weighted by Crippen LogP contribution is 2.27. The quantitative estimate of drug-likeness (QED) is 0.713. The smallest absolute Gasteiger partial charge is 0.317 e. The fraction of sp³-hybridized carbons (Fsp3) is 0.579. The van der Waals surface area contributed by atoms with Crippen molar-refractivity contribution in [2.24, 2.45) is 0 Å². The summed E-state index contributed by atoms with van der Waals surface area (Å²) >= 11 is 6.13. The van der Waals surface area contributed by atoms with E-state index in [1.807, 2.05) is 24.0 Å². The van der Waals surface area contributed by atoms with Crippen molar-refractivity contribution < 1.29 is 14.3 Å². The summed E-state index contributed by atoms with van der Waals surface area (Å²) in [5.41, 5.74) is 0.970. The maximum absolute atomic E-state index is 12.5. The number of amides is 3. The molecule has 2 rings (SSSR count). The first kappa shape index (κ1) is 20.4. The number of nitrogens with zero attached hydrogens (tertiary/aromatic N) is 1. The normalized spacial score (nSPS) is 16.9. The zero-order valence-corrected chi connectivity index (χ0v) is 16.3. The van der Waals surface area contributed by atoms with Gasteiger partial charge in [0.2, 0.25) is 5.91 Å². The molecule has 0 aliphatic carbocycles. The van der Waals surface area contributed by atoms with Gasteiger partial charge in [0.05, 0.1) is 11.6 Å². The molecule has 0 aromatic heterocycles. The summed E-state index contributed by atoms with van der Waals surface area (Å²) in [6.45, 7) is 5.57. The molecule has 7 heteroatoms. The first-order valence-electron chi connectivity index (χ1n) is 9.16. The molecule has 26 heavy (non-hydrogen) atoms. The van der Waals surface area contributed by atoms with Gasteiger partial charge >= 0.3 is 6.03 Å². The van der Waals surface area contributed by atoms with Gasteiger partial charge in [0.15, 0.2) is 0 Å². The Bertz CT molecular complexity index is 604. The lowest BCUT2D eigenvalue weighted by atomic mass is 10.00. The van der Waals surface area contributed by atoms with E-state index in [1.165, 1.54) is 6.92 Å². The van der Waals surface area contributed by atoms with Crippen LogP contribution in [0.4, 0.5) is 4.79 Å². The molecule has 1 saturated heterocycles. The van der Waals surface area contributed by atoms with Crippen molar-refractivity contribution in [3.05, 3.63) is 28.8 Å². The Morgan fingerprint density at radius 1 is 1.27 bits per heavy atom. The van der Waals surface area contributed by atoms with Gasteiger partial charge in [0.1, 0.15) is 12.4 Å². The number of rotatable bonds is 7. The van der Waals surface area contributed by atoms with E-state index in [1.54, 1.807) is 6.07 Å². The van der Waals surface area contributed by atoms with Crippen LogP contribution in [0, 0.1) is 6.92 Å². The van der Waals surface area contributed by atoms with Crippen molar-refractivity contribution in [2.45, 2.75) is 45.6 Å². The molecule has 1 fully saturated rings. The topological polar surface area (TPSA) is 70.7 Å². The van der Waals surface area contributed by atoms with E-state index in [9.17, 15) is 9.59 Å². The summed E-state index contributed by atoms with van der Waals surface area (Å²) in [5, 5.41) is 6.30. The van der Waals surface area contributed by atoms with Crippen LogP contribution in [0.25, 0.3) is 0 Å². The van der Waals surface area contributed by atoms with Crippen molar-refractivity contribution in [3.63, 3.8) is 0 Å². The molecule has 0 spiro atoms. The fourth-order valence-electron chi connectivity index (χ4n) is 3.19. The van der Waals surface area contributed by atoms with Crippen LogP contribution < -0.4 is 15.4 Å². The summed E-state index contributed by atoms with van der Waals surface area (Å²) in [5.74, 6) is 0.624. The van der Waals surface area contributed by atoms with Crippen LogP contribution >= 0.6 is 11.6 Å². The van der Waals surface area contributed by atoms with Crippen LogP contribution in [-0.4, -0.2) is 49.1 Å². The Hall–Kier alpha value is -1.95. The highest BCUT2D eigenvalue weighted by atomic mass is 35.5. The summed E-state index contributed by atoms with van der Waals surface area (Å²) in [4.78, 5) is 25.4. The summed E-state index contributed by atoms with van der Waals surface area (Å²) in [7, 11) is 0. The SMILES string of the molecule is CC(=O)NCC[C@H]1CCCCN1C(=O)NCCOc1c(C)cccc1Cl. The first-order chi connectivity index (χ1) is 12.5. The van der Waals surface area contributed by atoms with Crippen molar-refractivity contribution >= 4 is 23.5 Å². The molecule has 1 heterocycles. The Labute approximate surface area is 160 Å². The minimum atomic E-state index is -0.0722. The number of carbonyl (C=O) groups is 2. The molecule has 1 aromatic carbocycles. The van der Waals surface area contributed by atoms with E-state index >= 15 is 0 Å². The largest absolute Gasteiger partial charge is 0.490 e. The minimum Gasteiger partial charge on any atom is -0.490 e. The molecule has 0 unspecified atom stereocenters. The van der Waals surface area contributed by atoms with E-state index < -0.39 is 0 Å². The molecule has 1 aliphatic heterocycles. The maximum atomic E-state index is 12.5. The van der Waals surface area contributed by atoms with Crippen molar-refractivity contribution in [3.8, 4) is 5.75 Å². The fourth-order valence-corrected chi connectivity index (χ4v) is 3.47. The molecule has 1 aliphatic rings. The van der Waals surface area contributed by atoms with Crippen molar-refractivity contribution in [2.75, 3.05) is 26.2 Å². The number of hydrogen-bond acceptors (Lipinski definition) is 3. The predicted octanol–water partition coefficient (Wildman–Crippen LogP) is 3.12. The molecule has 1 aromatic rings. The molecular weight excluding hydrogens is 354 g/mol. The molecule has 0 saturated carbocycles. The van der Waals surface area contributed by atoms with Crippen molar-refractivity contribution in [1.82, 2.24) is 15.5 Å². The predicted molar refractivity (Wildman–Crippen MR) is 103 cm³/mol. The number of para-hydroxylation sites is 1. The zero-order valence-electron chi connectivity index (χ0n) is 15.5. The Morgan fingerprint density at radius 3 is 2.81 bits per heavy atom. The second kappa shape index (κ2) is 10.3. The third-order valence-electron chi connectivity index (χ3n) is 4.53. The number of carbonyl (C=O) groups excluding carboxylic acids is 2. The minimum absolute atomic E-state index is 0.0381. The van der Waals surface area contributed by atoms with E-state index in [0.29, 0.717) is 30.5 Å². The van der Waals surface area contributed by atoms with Crippen LogP contribution in [0.15, 0.2) is 18.2 Å². The van der Waals surface area contributed by atoms with Crippen LogP contribution in [0.5, 0.6) is 5.75 Å². The van der Waals surface area contributed by atoms with Gasteiger partial charge < -0.3 is 20.3 Å². The lowest BCUT2D eigenvalue weighted by molar-refractivity contribution is -0.119. The third kappa shape index (κ3) is 6.09. The van der Waals surface area contributed by atoms with Gasteiger partial charge in [-0.25, -0.2) is 4.79 Å². The van der Waals surface area contributed by atoms with Gasteiger partial charge in [-0.1, -0.05) is 23.7 Å². The molecule has 0 bridgehead atoms. The number of likely N-dealkylation sites (tertiary alicyclic amines) is 1. The second-order valence-corrected chi connectivity index (χ2v) is 6.99. The zero-order chi connectivity index (χ0) is 18.9. The standard InChI is InChI=1S/C19H28ClN3O3/c1-14-6-5-8-17(20)18(14)26-13-11-22-19(25)23-12-4-3-7-16(23)9-10-21-15(2)24/h5-6,8,16H,3-4,7,9-13H2,1-2H3,(H,21,24)(H,22,25)/t16-/m1/s1. The number of benzene rings is 1. The number of halogens is 1. The Balaban J connectivity index is 1.77. The lowest BCUT2D eigenvalue weighted by Gasteiger charge is -2.35. The number of ether oxygens (including phenoxy) is 1. The molecule has 6 nitrogen and oxygen atoms in total. The summed E-state index contributed by atoms with van der Waals surface area (Å²) < 4.78 is 5.71. The third-order valence-corrected chi connectivity index (χ3v) is 4.83. The monoisotopic (exact) mass is 381 g/mol. The van der Waals surface area contributed by atoms with Gasteiger partial charge in [-0.05, 0) is 44.2 Å². The molecule has 144 valence electrons. The number of nitrogens with one attached hydrogen (secondary N) is 2. The highest BCUT2D eigenvalue weighted by molar-refractivity contribution is 6.32. The number of urea groups is 1. The second-order valence-electron chi connectivity index (χ2n) is 6.58. The molecule has 1 atom stereocenters. The highest BCUT2D eigenvalue weighted by Gasteiger charge is 2.26. The Kier molecular flexibility index (Phi) is 8.04. The van der Waals surface area contributed by atoms with Crippen LogP contribution in [0.2, 0.25) is 5.02 Å². The Morgan fingerprint density at radius 2 is 2.08 bits per heavy atom. The molecular formula is C19H28ClN3O3. The average Bonchev–Trinajstić information content (AvgIpc) is 2.60. The number of hydrogen-bond donors (Lipinski definition) is 2. The first-order valence-corrected chi connectivity index (χ1v) is 9.53. The molecule has 3 amide bonds. The van der Waals surface area contributed by atoms with Crippen LogP contribution in [0.3, 0.4) is 0 Å². The van der Waals surface area contributed by atoms with Crippen molar-refractivity contribution in [1.29, 1.82) is 0 Å². The van der Waals surface area contributed by atoms with Gasteiger partial charge in [0, 0.05) is 26.1 Å². The van der Waals surface area contributed by atoms with Crippen LogP contribution in [-0.2, 0) is 4.79 Å². The van der Waals surface area contributed by atoms with Gasteiger partial charge in [-0.15, -0.1) is 0 Å². The van der Waals surface area contributed by atoms with E-state index in [0.717, 1.165) is 37.8 Å². The van der Waals surface area contributed by atoms with Gasteiger partial charge in [-0.2, -0.15) is 0 Å². The molecule has 0 radical (unpaired) electrons. The van der Waals surface area contributed by atoms with E-state index in [2.05, 4.69) is 10.6 Å². The lowest BCUT2D eigenvalue weighted by Crippen LogP contribution is -2.50. The van der Waals surface area contributed by atoms with Gasteiger partial charge in [0.25, 0.3) is 0 Å². The molecule has 2 N–H and O–H groups in total. The number of piperidine rings is 1. The van der Waals surface area contributed by atoms with E-state index in [-0.39, 0.29) is 18.0 Å².